The lowest BCUT2D eigenvalue weighted by Gasteiger charge is -1.70. The van der Waals surface area contributed by atoms with Crippen LogP contribution >= 0.6 is 0 Å². The van der Waals surface area contributed by atoms with E-state index in [4.69, 9.17) is 195 Å². The van der Waals surface area contributed by atoms with Crippen LogP contribution in [-0.2, 0) is 155 Å². The maximum atomic E-state index is 8.97. The van der Waals surface area contributed by atoms with Crippen molar-refractivity contribution >= 4 is 155 Å². The van der Waals surface area contributed by atoms with Crippen molar-refractivity contribution in [1.29, 1.82) is 0 Å². The van der Waals surface area contributed by atoms with E-state index in [1.165, 1.54) is 0 Å². The van der Waals surface area contributed by atoms with Crippen molar-refractivity contribution in [2.75, 3.05) is 0 Å². The van der Waals surface area contributed by atoms with E-state index in [0.29, 0.717) is 0 Å². The highest BCUT2D eigenvalue weighted by Crippen LogP contribution is 1.56. The molecule has 560 valence electrons. The molecule has 0 aromatic carbocycles. The Bertz CT molecular complexity index is 2250. The molecule has 0 aliphatic heterocycles. The molecular formula is H75N25O45S15. The first-order chi connectivity index (χ1) is 30.0. The molecule has 0 radical (unpaired) electrons. The Balaban J connectivity index is -0.0000000196. The smallest absolute Gasteiger partial charge is 0.330 e. The van der Waals surface area contributed by atoms with Gasteiger partial charge in [-0.25, -0.2) is 77.1 Å². The third-order valence-electron chi connectivity index (χ3n) is 0. The standard InChI is InChI=1S/15H3NO3S.10H3N/c15*1-5(2,3)4;;;;;;;;;;/h15*(H3,1,2,3,4);10*1H3. The van der Waals surface area contributed by atoms with Crippen LogP contribution in [0.25, 0.3) is 0 Å². The van der Waals surface area contributed by atoms with Gasteiger partial charge in [-0.15, -0.1) is 0 Å². The molecule has 0 aliphatic rings. The van der Waals surface area contributed by atoms with Gasteiger partial charge in [0.05, 0.1) is 0 Å². The van der Waals surface area contributed by atoms with Crippen molar-refractivity contribution in [3.8, 4) is 0 Å². The number of rotatable bonds is 0. The van der Waals surface area contributed by atoms with Gasteiger partial charge in [0, 0.05) is 0 Å². The summed E-state index contributed by atoms with van der Waals surface area (Å²) in [5.41, 5.74) is 0. The lowest BCUT2D eigenvalue weighted by Crippen LogP contribution is -2.08. The largest absolute Gasteiger partial charge is 0.344 e. The van der Waals surface area contributed by atoms with Gasteiger partial charge in [0.25, 0.3) is 0 Å². The highest BCUT2D eigenvalue weighted by Gasteiger charge is 1.87. The van der Waals surface area contributed by atoms with E-state index in [9.17, 15) is 0 Å². The molecule has 0 atom stereocenters. The average molecular weight is 1630 g/mol. The van der Waals surface area contributed by atoms with Crippen LogP contribution in [-0.4, -0.2) is 195 Å². The zero-order valence-electron chi connectivity index (χ0n) is 40.8. The van der Waals surface area contributed by atoms with Crippen LogP contribution in [0.15, 0.2) is 0 Å². The van der Waals surface area contributed by atoms with Crippen molar-refractivity contribution < 1.29 is 195 Å². The van der Waals surface area contributed by atoms with E-state index in [-0.39, 0.29) is 61.5 Å². The lowest BCUT2D eigenvalue weighted by molar-refractivity contribution is 0.482. The fourth-order valence-electron chi connectivity index (χ4n) is 0. The van der Waals surface area contributed by atoms with Gasteiger partial charge in [0.1, 0.15) is 0 Å². The van der Waals surface area contributed by atoms with Crippen LogP contribution in [0.1, 0.15) is 0 Å². The summed E-state index contributed by atoms with van der Waals surface area (Å²) in [5.74, 6) is 0. The maximum absolute atomic E-state index is 8.97. The molecule has 0 aromatic heterocycles. The van der Waals surface area contributed by atoms with E-state index < -0.39 is 155 Å². The quantitative estimate of drug-likeness (QED) is 0.100. The monoisotopic (exact) mass is 1630 g/mol. The fraction of sp³-hybridized carbons (Fsp3) is 0. The first-order valence-electron chi connectivity index (χ1n) is 11.3. The Labute approximate surface area is 484 Å². The fourth-order valence-corrected chi connectivity index (χ4v) is 0. The van der Waals surface area contributed by atoms with Gasteiger partial charge in [-0.05, 0) is 0 Å². The van der Waals surface area contributed by atoms with Gasteiger partial charge in [-0.3, -0.25) is 68.3 Å². The molecule has 0 saturated carbocycles. The molecular weight excluding hydrogens is 1550 g/mol. The molecule has 0 heterocycles. The molecule has 0 unspecified atom stereocenters. The first-order valence-corrected chi connectivity index (χ1v) is 33.8. The van der Waals surface area contributed by atoms with E-state index in [2.05, 4.69) is 77.1 Å². The molecule has 0 bridgehead atoms. The van der Waals surface area contributed by atoms with Crippen molar-refractivity contribution in [2.24, 2.45) is 77.1 Å². The van der Waals surface area contributed by atoms with Gasteiger partial charge in [0.2, 0.25) is 0 Å². The normalized spacial score (nSPS) is 10.2. The van der Waals surface area contributed by atoms with Gasteiger partial charge in [-0.2, -0.15) is 126 Å². The highest BCUT2D eigenvalue weighted by molar-refractivity contribution is 7.86. The SMILES string of the molecule is N.N.N.N.N.N.N.N.N.N.NS(=O)(=O)O.NS(=O)(=O)O.NS(=O)(=O)O.NS(=O)(=O)O.NS(=O)(=O)O.NS(=O)(=O)O.NS(=O)(=O)O.NS(=O)(=O)O.NS(=O)(=O)O.NS(=O)(=O)O.NS(=O)(=O)O.NS(=O)(=O)O.NS(=O)(=O)O.NS(=O)(=O)O.NS(=O)(=O)O. The van der Waals surface area contributed by atoms with Crippen LogP contribution in [0.2, 0.25) is 0 Å². The molecule has 0 aromatic rings. The molecule has 70 nitrogen and oxygen atoms in total. The summed E-state index contributed by atoms with van der Waals surface area (Å²) in [6.45, 7) is 0. The molecule has 85 heteroatoms. The first kappa shape index (κ1) is 166. The van der Waals surface area contributed by atoms with Crippen molar-refractivity contribution in [2.45, 2.75) is 0 Å². The molecule has 0 spiro atoms. The second-order valence-corrected chi connectivity index (χ2v) is 23.2. The van der Waals surface area contributed by atoms with Crippen LogP contribution in [0.3, 0.4) is 0 Å². The third kappa shape index (κ3) is 93800. The third-order valence-corrected chi connectivity index (χ3v) is 0. The summed E-state index contributed by atoms with van der Waals surface area (Å²) in [6, 6.07) is 0. The zero-order valence-corrected chi connectivity index (χ0v) is 53.1. The summed E-state index contributed by atoms with van der Waals surface area (Å²) < 4.78 is 378. The molecule has 0 amide bonds. The van der Waals surface area contributed by atoms with E-state index in [0.717, 1.165) is 0 Å². The second-order valence-electron chi connectivity index (χ2n) is 7.72. The van der Waals surface area contributed by atoms with Crippen molar-refractivity contribution in [3.63, 3.8) is 0 Å². The predicted molar refractivity (Wildman–Crippen MR) is 286 cm³/mol. The molecule has 75 N–H and O–H groups in total. The van der Waals surface area contributed by atoms with E-state index in [1.807, 2.05) is 0 Å². The van der Waals surface area contributed by atoms with E-state index >= 15 is 0 Å². The van der Waals surface area contributed by atoms with Crippen LogP contribution in [0.4, 0.5) is 0 Å². The number of hydrogen-bond donors (Lipinski definition) is 40. The molecule has 0 aliphatic carbocycles. The molecule has 85 heavy (non-hydrogen) atoms. The van der Waals surface area contributed by atoms with Gasteiger partial charge in [-0.1, -0.05) is 0 Å². The second kappa shape index (κ2) is 69.1. The Morgan fingerprint density at radius 2 is 0.106 bits per heavy atom. The average Bonchev–Trinajstić information content (AvgIpc) is 2.65. The lowest BCUT2D eigenvalue weighted by atomic mass is 13.9. The molecule has 0 rings (SSSR count). The zero-order chi connectivity index (χ0) is 67.5. The minimum atomic E-state index is -4.17. The van der Waals surface area contributed by atoms with Gasteiger partial charge in [0.15, 0.2) is 0 Å². The Morgan fingerprint density at radius 3 is 0.106 bits per heavy atom. The van der Waals surface area contributed by atoms with Crippen LogP contribution in [0.5, 0.6) is 0 Å². The highest BCUT2D eigenvalue weighted by atomic mass is 32.3. The Kier molecular flexibility index (Phi) is 135. The topological polar surface area (TPSA) is 1560 Å². The summed E-state index contributed by atoms with van der Waals surface area (Å²) >= 11 is 0. The Morgan fingerprint density at radius 1 is 0.106 bits per heavy atom. The van der Waals surface area contributed by atoms with Gasteiger partial charge < -0.3 is 61.5 Å². The van der Waals surface area contributed by atoms with Crippen molar-refractivity contribution in [1.82, 2.24) is 61.5 Å². The summed E-state index contributed by atoms with van der Waals surface area (Å²) in [6.07, 6.45) is 0. The molecule has 0 fully saturated rings. The minimum absolute atomic E-state index is 0. The summed E-state index contributed by atoms with van der Waals surface area (Å²) in [7, 11) is -62.5. The molecule has 0 saturated heterocycles. The van der Waals surface area contributed by atoms with Crippen LogP contribution < -0.4 is 139 Å². The van der Waals surface area contributed by atoms with Crippen LogP contribution in [0, 0.1) is 0 Å². The maximum Gasteiger partial charge on any atom is 0.330 e. The van der Waals surface area contributed by atoms with Gasteiger partial charge >= 0.3 is 155 Å². The summed E-state index contributed by atoms with van der Waals surface area (Å²) in [5, 5.41) is 58.2. The Hall–Kier alpha value is -2.35. The minimum Gasteiger partial charge on any atom is -0.344 e. The number of nitrogens with two attached hydrogens (primary N) is 15. The van der Waals surface area contributed by atoms with Crippen molar-refractivity contribution in [3.05, 3.63) is 0 Å². The predicted octanol–water partition coefficient (Wildman–Crippen LogP) is -17.2. The summed E-state index contributed by atoms with van der Waals surface area (Å²) in [4.78, 5) is 0. The van der Waals surface area contributed by atoms with E-state index in [1.54, 1.807) is 0 Å². The number of hydrogen-bond acceptors (Lipinski definition) is 40.